The van der Waals surface area contributed by atoms with Crippen LogP contribution in [0, 0.1) is 0 Å². The molecule has 178 valence electrons. The first-order valence-corrected chi connectivity index (χ1v) is 10.9. The van der Waals surface area contributed by atoms with E-state index in [0.29, 0.717) is 47.1 Å². The standard InChI is InChI=1S/C21H26N4O7S/c1-29-14-7-6-12(16(30-2)17(14)31-3)15-9-13(18(33-15)24-20(22)27)19(26)32-11-5-4-8-25(10-11)21(23)28/h6-7,9,11H,4-5,8,10H2,1-3H3,(H2,23,28)(H3,22,24,27). The number of hydrogen-bond donors (Lipinski definition) is 3. The molecule has 4 amide bonds. The summed E-state index contributed by atoms with van der Waals surface area (Å²) >= 11 is 1.13. The predicted octanol–water partition coefficient (Wildman–Crippen LogP) is 2.63. The number of ether oxygens (including phenoxy) is 4. The van der Waals surface area contributed by atoms with Gasteiger partial charge in [-0.3, -0.25) is 5.32 Å². The van der Waals surface area contributed by atoms with Crippen LogP contribution in [-0.2, 0) is 4.74 Å². The fraction of sp³-hybridized carbons (Fsp3) is 0.381. The van der Waals surface area contributed by atoms with E-state index in [1.54, 1.807) is 18.2 Å². The number of amides is 4. The van der Waals surface area contributed by atoms with Crippen LogP contribution in [-0.4, -0.2) is 63.5 Å². The average molecular weight is 479 g/mol. The number of hydrogen-bond acceptors (Lipinski definition) is 8. The van der Waals surface area contributed by atoms with E-state index < -0.39 is 24.1 Å². The van der Waals surface area contributed by atoms with Crippen molar-refractivity contribution in [2.75, 3.05) is 39.7 Å². The van der Waals surface area contributed by atoms with Crippen molar-refractivity contribution in [1.29, 1.82) is 0 Å². The van der Waals surface area contributed by atoms with Gasteiger partial charge in [0.25, 0.3) is 0 Å². The SMILES string of the molecule is COc1ccc(-c2cc(C(=O)OC3CCCN(C(N)=O)C3)c(NC(N)=O)s2)c(OC)c1OC. The zero-order valence-electron chi connectivity index (χ0n) is 18.5. The van der Waals surface area contributed by atoms with Gasteiger partial charge in [0.05, 0.1) is 33.4 Å². The van der Waals surface area contributed by atoms with Crippen LogP contribution >= 0.6 is 11.3 Å². The number of urea groups is 2. The Hall–Kier alpha value is -3.67. The number of rotatable bonds is 7. The van der Waals surface area contributed by atoms with Gasteiger partial charge in [-0.1, -0.05) is 0 Å². The highest BCUT2D eigenvalue weighted by molar-refractivity contribution is 7.20. The number of piperidine rings is 1. The molecule has 1 saturated heterocycles. The van der Waals surface area contributed by atoms with Gasteiger partial charge < -0.3 is 35.3 Å². The molecule has 1 fully saturated rings. The number of esters is 1. The quantitative estimate of drug-likeness (QED) is 0.517. The maximum atomic E-state index is 13.0. The number of likely N-dealkylation sites (tertiary alicyclic amines) is 1. The van der Waals surface area contributed by atoms with E-state index in [0.717, 1.165) is 11.3 Å². The minimum Gasteiger partial charge on any atom is -0.493 e. The van der Waals surface area contributed by atoms with E-state index in [2.05, 4.69) is 5.32 Å². The van der Waals surface area contributed by atoms with E-state index in [-0.39, 0.29) is 17.1 Å². The molecule has 0 radical (unpaired) electrons. The predicted molar refractivity (Wildman–Crippen MR) is 122 cm³/mol. The van der Waals surface area contributed by atoms with Crippen LogP contribution in [0.4, 0.5) is 14.6 Å². The maximum absolute atomic E-state index is 13.0. The lowest BCUT2D eigenvalue weighted by atomic mass is 10.1. The van der Waals surface area contributed by atoms with Crippen LogP contribution in [0.1, 0.15) is 23.2 Å². The van der Waals surface area contributed by atoms with Gasteiger partial charge in [0.1, 0.15) is 11.1 Å². The molecule has 0 aliphatic carbocycles. The molecule has 0 bridgehead atoms. The van der Waals surface area contributed by atoms with Crippen LogP contribution in [0.3, 0.4) is 0 Å². The Balaban J connectivity index is 1.96. The summed E-state index contributed by atoms with van der Waals surface area (Å²) in [7, 11) is 4.48. The zero-order chi connectivity index (χ0) is 24.1. The largest absolute Gasteiger partial charge is 0.493 e. The first-order valence-electron chi connectivity index (χ1n) is 10.0. The molecule has 1 atom stereocenters. The van der Waals surface area contributed by atoms with Crippen molar-refractivity contribution >= 4 is 34.4 Å². The summed E-state index contributed by atoms with van der Waals surface area (Å²) in [5, 5.41) is 2.70. The summed E-state index contributed by atoms with van der Waals surface area (Å²) in [6.45, 7) is 0.722. The number of nitrogens with one attached hydrogen (secondary N) is 1. The highest BCUT2D eigenvalue weighted by Crippen LogP contribution is 2.47. The molecule has 2 aromatic rings. The van der Waals surface area contributed by atoms with E-state index in [1.165, 1.54) is 26.2 Å². The summed E-state index contributed by atoms with van der Waals surface area (Å²) in [6.07, 6.45) is 0.735. The molecule has 1 aromatic heterocycles. The number of primary amides is 2. The molecule has 1 aromatic carbocycles. The fourth-order valence-corrected chi connectivity index (χ4v) is 4.70. The van der Waals surface area contributed by atoms with Gasteiger partial charge in [-0.2, -0.15) is 0 Å². The summed E-state index contributed by atoms with van der Waals surface area (Å²) in [5.74, 6) is 0.597. The number of thiophene rings is 1. The second-order valence-corrected chi connectivity index (χ2v) is 8.23. The molecule has 1 aliphatic heterocycles. The van der Waals surface area contributed by atoms with Crippen molar-refractivity contribution in [3.05, 3.63) is 23.8 Å². The van der Waals surface area contributed by atoms with E-state index in [1.807, 2.05) is 0 Å². The zero-order valence-corrected chi connectivity index (χ0v) is 19.3. The lowest BCUT2D eigenvalue weighted by Crippen LogP contribution is -2.46. The van der Waals surface area contributed by atoms with Crippen molar-refractivity contribution < 1.29 is 33.3 Å². The Labute approximate surface area is 194 Å². The maximum Gasteiger partial charge on any atom is 0.341 e. The normalized spacial score (nSPS) is 15.5. The highest BCUT2D eigenvalue weighted by atomic mass is 32.1. The summed E-state index contributed by atoms with van der Waals surface area (Å²) in [4.78, 5) is 38.0. The Morgan fingerprint density at radius 3 is 2.42 bits per heavy atom. The number of anilines is 1. The van der Waals surface area contributed by atoms with Crippen molar-refractivity contribution in [2.45, 2.75) is 18.9 Å². The molecule has 0 saturated carbocycles. The van der Waals surface area contributed by atoms with Gasteiger partial charge in [-0.15, -0.1) is 11.3 Å². The number of nitrogens with zero attached hydrogens (tertiary/aromatic N) is 1. The highest BCUT2D eigenvalue weighted by Gasteiger charge is 2.28. The minimum absolute atomic E-state index is 0.127. The number of carbonyl (C=O) groups excluding carboxylic acids is 3. The third-order valence-corrected chi connectivity index (χ3v) is 6.21. The first kappa shape index (κ1) is 24.0. The number of nitrogens with two attached hydrogens (primary N) is 2. The molecular weight excluding hydrogens is 452 g/mol. The lowest BCUT2D eigenvalue weighted by molar-refractivity contribution is 0.0129. The van der Waals surface area contributed by atoms with Gasteiger partial charge >= 0.3 is 18.0 Å². The smallest absolute Gasteiger partial charge is 0.341 e. The molecule has 12 heteroatoms. The van der Waals surface area contributed by atoms with Crippen molar-refractivity contribution in [3.8, 4) is 27.7 Å². The molecule has 1 unspecified atom stereocenters. The van der Waals surface area contributed by atoms with Crippen LogP contribution in [0.5, 0.6) is 17.2 Å². The molecular formula is C21H26N4O7S. The Morgan fingerprint density at radius 2 is 1.82 bits per heavy atom. The number of benzene rings is 1. The Morgan fingerprint density at radius 1 is 1.09 bits per heavy atom. The topological polar surface area (TPSA) is 155 Å². The van der Waals surface area contributed by atoms with E-state index >= 15 is 0 Å². The minimum atomic E-state index is -0.825. The molecule has 2 heterocycles. The van der Waals surface area contributed by atoms with Gasteiger partial charge in [0.15, 0.2) is 11.5 Å². The second-order valence-electron chi connectivity index (χ2n) is 7.18. The molecule has 33 heavy (non-hydrogen) atoms. The van der Waals surface area contributed by atoms with Gasteiger partial charge in [0.2, 0.25) is 5.75 Å². The van der Waals surface area contributed by atoms with E-state index in [9.17, 15) is 14.4 Å². The van der Waals surface area contributed by atoms with Gasteiger partial charge in [-0.05, 0) is 31.0 Å². The second kappa shape index (κ2) is 10.3. The monoisotopic (exact) mass is 478 g/mol. The molecule has 1 aliphatic rings. The molecule has 3 rings (SSSR count). The number of carbonyl (C=O) groups is 3. The van der Waals surface area contributed by atoms with Crippen LogP contribution in [0.2, 0.25) is 0 Å². The van der Waals surface area contributed by atoms with Crippen LogP contribution in [0.25, 0.3) is 10.4 Å². The van der Waals surface area contributed by atoms with Crippen molar-refractivity contribution in [2.24, 2.45) is 11.5 Å². The van der Waals surface area contributed by atoms with Crippen LogP contribution < -0.4 is 31.0 Å². The Kier molecular flexibility index (Phi) is 7.48. The van der Waals surface area contributed by atoms with Gasteiger partial charge in [0, 0.05) is 17.0 Å². The molecule has 0 spiro atoms. The number of methoxy groups -OCH3 is 3. The van der Waals surface area contributed by atoms with Crippen LogP contribution in [0.15, 0.2) is 18.2 Å². The average Bonchev–Trinajstić information content (AvgIpc) is 3.20. The van der Waals surface area contributed by atoms with Crippen molar-refractivity contribution in [1.82, 2.24) is 4.90 Å². The lowest BCUT2D eigenvalue weighted by Gasteiger charge is -2.31. The van der Waals surface area contributed by atoms with Crippen molar-refractivity contribution in [3.63, 3.8) is 0 Å². The van der Waals surface area contributed by atoms with Gasteiger partial charge in [-0.25, -0.2) is 14.4 Å². The fourth-order valence-electron chi connectivity index (χ4n) is 3.62. The Bertz CT molecular complexity index is 1060. The third-order valence-electron chi connectivity index (χ3n) is 5.12. The third kappa shape index (κ3) is 5.22. The molecule has 11 nitrogen and oxygen atoms in total. The summed E-state index contributed by atoms with van der Waals surface area (Å²) in [6, 6.07) is 3.65. The summed E-state index contributed by atoms with van der Waals surface area (Å²) < 4.78 is 21.9. The molecule has 5 N–H and O–H groups in total. The summed E-state index contributed by atoms with van der Waals surface area (Å²) in [5.41, 5.74) is 11.4. The van der Waals surface area contributed by atoms with E-state index in [4.69, 9.17) is 30.4 Å². The first-order chi connectivity index (χ1) is 15.8.